The van der Waals surface area contributed by atoms with Crippen molar-refractivity contribution in [3.05, 3.63) is 79.7 Å². The van der Waals surface area contributed by atoms with Gasteiger partial charge in [0, 0.05) is 26.7 Å². The molecule has 13 heteroatoms. The normalized spacial score (nSPS) is 13.6. The Labute approximate surface area is 228 Å². The van der Waals surface area contributed by atoms with Crippen molar-refractivity contribution in [1.82, 2.24) is 19.4 Å². The van der Waals surface area contributed by atoms with Gasteiger partial charge in [0.05, 0.1) is 27.8 Å². The molecule has 1 fully saturated rings. The van der Waals surface area contributed by atoms with Crippen LogP contribution < -0.4 is 5.56 Å². The topological polar surface area (TPSA) is 149 Å². The van der Waals surface area contributed by atoms with Crippen LogP contribution in [0.1, 0.15) is 35.4 Å². The Morgan fingerprint density at radius 1 is 1.26 bits per heavy atom. The first-order valence-electron chi connectivity index (χ1n) is 12.1. The monoisotopic (exact) mass is 553 g/mol. The molecule has 4 rings (SSSR count). The summed E-state index contributed by atoms with van der Waals surface area (Å²) in [5.74, 6) is -0.587. The molecule has 1 aliphatic heterocycles. The van der Waals surface area contributed by atoms with Crippen LogP contribution in [-0.4, -0.2) is 68.2 Å². The van der Waals surface area contributed by atoms with Crippen molar-refractivity contribution in [3.63, 3.8) is 0 Å². The molecule has 0 saturated carbocycles. The van der Waals surface area contributed by atoms with Gasteiger partial charge in [-0.1, -0.05) is 23.7 Å². The number of fused-ring (bicyclic) bond motifs is 1. The van der Waals surface area contributed by atoms with E-state index in [2.05, 4.69) is 9.82 Å². The molecule has 0 unspecified atom stereocenters. The zero-order chi connectivity index (χ0) is 28.1. The first kappa shape index (κ1) is 27.5. The SMILES string of the molecule is CN(Cc1ccc(C#N)c(Cl)c1)C(=O)Cn1cnc2ccc(C3CCN(C(=O)CO[N+](=O)O)CC3)cc2c1=O. The Bertz CT molecular complexity index is 1530. The third-order valence-electron chi connectivity index (χ3n) is 6.77. The first-order valence-corrected chi connectivity index (χ1v) is 12.5. The summed E-state index contributed by atoms with van der Waals surface area (Å²) in [5, 5.41) is 17.5. The van der Waals surface area contributed by atoms with Crippen LogP contribution in [0.3, 0.4) is 0 Å². The molecule has 0 radical (unpaired) electrons. The van der Waals surface area contributed by atoms with Gasteiger partial charge >= 0.3 is 5.09 Å². The standard InChI is InChI=1S/C26H26ClN6O6/c1-30(13-17-2-3-20(12-28)22(27)10-17)24(34)14-32-16-29-23-5-4-19(11-21(23)26(32)36)18-6-8-31(9-7-18)25(35)15-39-33(37)38/h2-5,10-11,16,18H,6-9,13-15H2,1H3,(H,37,38)/q+1. The van der Waals surface area contributed by atoms with Crippen LogP contribution in [0.4, 0.5) is 0 Å². The molecular formula is C26H26ClN6O6+. The fourth-order valence-electron chi connectivity index (χ4n) is 4.58. The Kier molecular flexibility index (Phi) is 8.41. The van der Waals surface area contributed by atoms with Crippen molar-refractivity contribution in [2.24, 2.45) is 0 Å². The van der Waals surface area contributed by atoms with E-state index >= 15 is 0 Å². The number of hydrogen-bond donors (Lipinski definition) is 1. The number of likely N-dealkylation sites (N-methyl/N-ethyl adjacent to an activating group) is 1. The predicted octanol–water partition coefficient (Wildman–Crippen LogP) is 2.39. The maximum absolute atomic E-state index is 13.3. The molecule has 2 amide bonds. The number of nitrogens with zero attached hydrogens (tertiary/aromatic N) is 6. The third-order valence-corrected chi connectivity index (χ3v) is 7.08. The summed E-state index contributed by atoms with van der Waals surface area (Å²) in [6, 6.07) is 12.4. The number of carbonyl (C=O) groups is 2. The van der Waals surface area contributed by atoms with Crippen molar-refractivity contribution in [2.45, 2.75) is 31.8 Å². The van der Waals surface area contributed by atoms with Crippen LogP contribution in [0, 0.1) is 16.2 Å². The summed E-state index contributed by atoms with van der Waals surface area (Å²) in [6.45, 7) is 0.410. The summed E-state index contributed by atoms with van der Waals surface area (Å²) in [7, 11) is 1.62. The number of rotatable bonds is 8. The molecule has 202 valence electrons. The van der Waals surface area contributed by atoms with E-state index in [0.29, 0.717) is 47.4 Å². The fourth-order valence-corrected chi connectivity index (χ4v) is 4.83. The number of nitriles is 1. The minimum absolute atomic E-state index is 0.105. The zero-order valence-corrected chi connectivity index (χ0v) is 21.9. The second-order valence-electron chi connectivity index (χ2n) is 9.30. The average Bonchev–Trinajstić information content (AvgIpc) is 2.93. The van der Waals surface area contributed by atoms with E-state index < -0.39 is 17.6 Å². The molecule has 1 aliphatic rings. The van der Waals surface area contributed by atoms with Crippen LogP contribution in [0.15, 0.2) is 47.5 Å². The quantitative estimate of drug-likeness (QED) is 0.418. The van der Waals surface area contributed by atoms with E-state index in [1.165, 1.54) is 15.8 Å². The molecule has 2 heterocycles. The number of benzene rings is 2. The largest absolute Gasteiger partial charge is 0.475 e. The molecule has 0 spiro atoms. The molecule has 12 nitrogen and oxygen atoms in total. The minimum atomic E-state index is -0.739. The van der Waals surface area contributed by atoms with Crippen LogP contribution in [-0.2, 0) is 27.5 Å². The zero-order valence-electron chi connectivity index (χ0n) is 21.1. The summed E-state index contributed by atoms with van der Waals surface area (Å²) in [5.41, 5.74) is 2.23. The number of amides is 2. The first-order chi connectivity index (χ1) is 18.7. The minimum Gasteiger partial charge on any atom is -0.340 e. The fraction of sp³-hybridized carbons (Fsp3) is 0.346. The lowest BCUT2D eigenvalue weighted by Gasteiger charge is -2.31. The number of carbonyl (C=O) groups excluding carboxylic acids is 2. The van der Waals surface area contributed by atoms with E-state index in [1.54, 1.807) is 42.3 Å². The van der Waals surface area contributed by atoms with E-state index in [0.717, 1.165) is 11.1 Å². The van der Waals surface area contributed by atoms with Gasteiger partial charge in [-0.15, -0.1) is 0 Å². The van der Waals surface area contributed by atoms with Gasteiger partial charge < -0.3 is 9.80 Å². The highest BCUT2D eigenvalue weighted by Gasteiger charge is 2.26. The number of halogens is 1. The number of likely N-dealkylation sites (tertiary alicyclic amines) is 1. The maximum Gasteiger partial charge on any atom is 0.475 e. The smallest absolute Gasteiger partial charge is 0.340 e. The number of hydrogen-bond acceptors (Lipinski definition) is 7. The van der Waals surface area contributed by atoms with E-state index in [-0.39, 0.29) is 30.5 Å². The highest BCUT2D eigenvalue weighted by Crippen LogP contribution is 2.29. The Morgan fingerprint density at radius 2 is 2.00 bits per heavy atom. The van der Waals surface area contributed by atoms with Crippen molar-refractivity contribution in [1.29, 1.82) is 5.26 Å². The molecule has 0 bridgehead atoms. The molecule has 39 heavy (non-hydrogen) atoms. The highest BCUT2D eigenvalue weighted by atomic mass is 35.5. The third kappa shape index (κ3) is 6.50. The number of piperidine rings is 1. The molecule has 0 atom stereocenters. The second kappa shape index (κ2) is 11.9. The molecule has 1 aromatic heterocycles. The average molecular weight is 554 g/mol. The van der Waals surface area contributed by atoms with Gasteiger partial charge in [-0.2, -0.15) is 10.1 Å². The van der Waals surface area contributed by atoms with Gasteiger partial charge in [-0.3, -0.25) is 19.0 Å². The van der Waals surface area contributed by atoms with Crippen LogP contribution in [0.2, 0.25) is 5.02 Å². The lowest BCUT2D eigenvalue weighted by Crippen LogP contribution is -2.40. The predicted molar refractivity (Wildman–Crippen MR) is 139 cm³/mol. The summed E-state index contributed by atoms with van der Waals surface area (Å²) < 4.78 is 1.28. The van der Waals surface area contributed by atoms with Crippen LogP contribution in [0.5, 0.6) is 0 Å². The summed E-state index contributed by atoms with van der Waals surface area (Å²) >= 11 is 6.09. The molecule has 1 N–H and O–H groups in total. The van der Waals surface area contributed by atoms with Crippen molar-refractivity contribution in [2.75, 3.05) is 26.7 Å². The van der Waals surface area contributed by atoms with Gasteiger partial charge in [0.1, 0.15) is 17.5 Å². The Balaban J connectivity index is 1.43. The summed E-state index contributed by atoms with van der Waals surface area (Å²) in [6.07, 6.45) is 2.65. The van der Waals surface area contributed by atoms with Gasteiger partial charge in [-0.25, -0.2) is 10.2 Å². The van der Waals surface area contributed by atoms with Gasteiger partial charge in [0.15, 0.2) is 0 Å². The molecule has 2 aromatic carbocycles. The van der Waals surface area contributed by atoms with Crippen molar-refractivity contribution in [3.8, 4) is 6.07 Å². The highest BCUT2D eigenvalue weighted by molar-refractivity contribution is 6.31. The molecule has 0 aliphatic carbocycles. The van der Waals surface area contributed by atoms with Gasteiger partial charge in [0.25, 0.3) is 11.5 Å². The van der Waals surface area contributed by atoms with E-state index in [9.17, 15) is 19.3 Å². The lowest BCUT2D eigenvalue weighted by molar-refractivity contribution is -0.973. The number of aromatic nitrogens is 2. The Hall–Kier alpha value is -4.50. The van der Waals surface area contributed by atoms with Crippen LogP contribution >= 0.6 is 11.6 Å². The maximum atomic E-state index is 13.3. The van der Waals surface area contributed by atoms with Gasteiger partial charge in [-0.05, 0) is 54.2 Å². The van der Waals surface area contributed by atoms with Crippen LogP contribution in [0.25, 0.3) is 10.9 Å². The molecule has 3 aromatic rings. The molecule has 1 saturated heterocycles. The van der Waals surface area contributed by atoms with Crippen molar-refractivity contribution >= 4 is 34.3 Å². The van der Waals surface area contributed by atoms with Gasteiger partial charge in [0.2, 0.25) is 12.5 Å². The van der Waals surface area contributed by atoms with E-state index in [4.69, 9.17) is 22.1 Å². The van der Waals surface area contributed by atoms with E-state index in [1.807, 2.05) is 12.1 Å². The lowest BCUT2D eigenvalue weighted by atomic mass is 9.89. The Morgan fingerprint density at radius 3 is 2.67 bits per heavy atom. The second-order valence-corrected chi connectivity index (χ2v) is 9.70. The summed E-state index contributed by atoms with van der Waals surface area (Å²) in [4.78, 5) is 60.3. The molecular weight excluding hydrogens is 528 g/mol. The van der Waals surface area contributed by atoms with Crippen molar-refractivity contribution < 1.29 is 24.7 Å².